The van der Waals surface area contributed by atoms with Crippen molar-refractivity contribution in [2.24, 2.45) is 0 Å². The molecule has 2 rings (SSSR count). The first kappa shape index (κ1) is 15.7. The van der Waals surface area contributed by atoms with Crippen molar-refractivity contribution in [2.45, 2.75) is 25.4 Å². The average molecular weight is 313 g/mol. The van der Waals surface area contributed by atoms with Crippen LogP contribution in [0.5, 0.6) is 0 Å². The van der Waals surface area contributed by atoms with E-state index in [0.717, 1.165) is 0 Å². The molecule has 1 saturated heterocycles. The topological polar surface area (TPSA) is 79.7 Å². The van der Waals surface area contributed by atoms with Crippen molar-refractivity contribution in [3.63, 3.8) is 0 Å². The molecule has 1 amide bonds. The van der Waals surface area contributed by atoms with Gasteiger partial charge in [-0.05, 0) is 25.0 Å². The molecule has 1 N–H and O–H groups in total. The van der Waals surface area contributed by atoms with Gasteiger partial charge in [-0.2, -0.15) is 0 Å². The molecular weight excluding hydrogens is 296 g/mol. The van der Waals surface area contributed by atoms with Gasteiger partial charge in [0.15, 0.2) is 0 Å². The van der Waals surface area contributed by atoms with E-state index in [2.05, 4.69) is 4.98 Å². The van der Waals surface area contributed by atoms with Gasteiger partial charge >= 0.3 is 5.97 Å². The maximum atomic E-state index is 12.2. The first-order valence-electron chi connectivity index (χ1n) is 6.80. The van der Waals surface area contributed by atoms with Crippen LogP contribution in [0.25, 0.3) is 0 Å². The molecule has 7 heteroatoms. The van der Waals surface area contributed by atoms with Crippen LogP contribution in [0, 0.1) is 0 Å². The van der Waals surface area contributed by atoms with Gasteiger partial charge in [-0.1, -0.05) is 11.6 Å². The van der Waals surface area contributed by atoms with Crippen LogP contribution in [0.3, 0.4) is 0 Å². The molecule has 0 saturated carbocycles. The third-order valence-corrected chi connectivity index (χ3v) is 3.60. The van der Waals surface area contributed by atoms with E-state index in [4.69, 9.17) is 21.4 Å². The number of amides is 1. The van der Waals surface area contributed by atoms with E-state index in [9.17, 15) is 9.59 Å². The summed E-state index contributed by atoms with van der Waals surface area (Å²) < 4.78 is 5.49. The number of nitrogens with zero attached hydrogens (tertiary/aromatic N) is 2. The minimum atomic E-state index is -0.863. The molecule has 0 spiro atoms. The number of likely N-dealkylation sites (tertiary alicyclic amines) is 1. The van der Waals surface area contributed by atoms with Gasteiger partial charge in [-0.15, -0.1) is 0 Å². The molecule has 0 radical (unpaired) electrons. The molecule has 0 aromatic carbocycles. The zero-order valence-electron chi connectivity index (χ0n) is 11.5. The zero-order valence-corrected chi connectivity index (χ0v) is 12.3. The Morgan fingerprint density at radius 1 is 1.38 bits per heavy atom. The number of hydrogen-bond acceptors (Lipinski definition) is 4. The Balaban J connectivity index is 1.79. The van der Waals surface area contributed by atoms with Crippen LogP contribution >= 0.6 is 11.6 Å². The van der Waals surface area contributed by atoms with E-state index in [1.54, 1.807) is 17.0 Å². The molecule has 1 aromatic rings. The fourth-order valence-electron chi connectivity index (χ4n) is 2.22. The standard InChI is InChI=1S/C14H17ClN2O4/c15-12-2-1-10(9-16-12)14(20)17-6-3-11(4-7-17)21-8-5-13(18)19/h1-2,9,11H,3-8H2,(H,18,19). The van der Waals surface area contributed by atoms with Crippen molar-refractivity contribution < 1.29 is 19.4 Å². The smallest absolute Gasteiger partial charge is 0.305 e. The van der Waals surface area contributed by atoms with Crippen LogP contribution in [-0.2, 0) is 9.53 Å². The minimum Gasteiger partial charge on any atom is -0.481 e. The van der Waals surface area contributed by atoms with Gasteiger partial charge in [-0.25, -0.2) is 4.98 Å². The number of halogens is 1. The normalized spacial score (nSPS) is 16.0. The summed E-state index contributed by atoms with van der Waals surface area (Å²) in [5, 5.41) is 8.91. The summed E-state index contributed by atoms with van der Waals surface area (Å²) in [6.07, 6.45) is 2.94. The monoisotopic (exact) mass is 312 g/mol. The van der Waals surface area contributed by atoms with Crippen molar-refractivity contribution in [2.75, 3.05) is 19.7 Å². The Kier molecular flexibility index (Phi) is 5.52. The van der Waals surface area contributed by atoms with Gasteiger partial charge in [-0.3, -0.25) is 9.59 Å². The summed E-state index contributed by atoms with van der Waals surface area (Å²) in [6, 6.07) is 3.25. The van der Waals surface area contributed by atoms with E-state index in [1.807, 2.05) is 0 Å². The highest BCUT2D eigenvalue weighted by molar-refractivity contribution is 6.29. The summed E-state index contributed by atoms with van der Waals surface area (Å²) in [5.74, 6) is -0.930. The Morgan fingerprint density at radius 2 is 2.10 bits per heavy atom. The van der Waals surface area contributed by atoms with Gasteiger partial charge < -0.3 is 14.7 Å². The quantitative estimate of drug-likeness (QED) is 0.839. The summed E-state index contributed by atoms with van der Waals surface area (Å²) in [7, 11) is 0. The SMILES string of the molecule is O=C(O)CCOC1CCN(C(=O)c2ccc(Cl)nc2)CC1. The summed E-state index contributed by atoms with van der Waals surface area (Å²) in [6.45, 7) is 1.41. The fourth-order valence-corrected chi connectivity index (χ4v) is 2.34. The predicted molar refractivity (Wildman–Crippen MR) is 76.4 cm³/mol. The fraction of sp³-hybridized carbons (Fsp3) is 0.500. The van der Waals surface area contributed by atoms with E-state index >= 15 is 0 Å². The molecule has 114 valence electrons. The number of carbonyl (C=O) groups is 2. The average Bonchev–Trinajstić information content (AvgIpc) is 2.48. The lowest BCUT2D eigenvalue weighted by molar-refractivity contribution is -0.138. The minimum absolute atomic E-state index is 0.00951. The lowest BCUT2D eigenvalue weighted by atomic mass is 10.1. The first-order chi connectivity index (χ1) is 10.1. The lowest BCUT2D eigenvalue weighted by Gasteiger charge is -2.31. The molecule has 1 aromatic heterocycles. The number of carboxylic acids is 1. The number of pyridine rings is 1. The number of hydrogen-bond donors (Lipinski definition) is 1. The summed E-state index contributed by atoms with van der Waals surface area (Å²) in [4.78, 5) is 28.3. The molecule has 2 heterocycles. The maximum Gasteiger partial charge on any atom is 0.305 e. The van der Waals surface area contributed by atoms with Crippen molar-refractivity contribution >= 4 is 23.5 Å². The second kappa shape index (κ2) is 7.38. The molecule has 0 bridgehead atoms. The van der Waals surface area contributed by atoms with Crippen molar-refractivity contribution in [3.8, 4) is 0 Å². The second-order valence-electron chi connectivity index (χ2n) is 4.88. The molecule has 21 heavy (non-hydrogen) atoms. The van der Waals surface area contributed by atoms with E-state index in [1.165, 1.54) is 6.20 Å². The highest BCUT2D eigenvalue weighted by Gasteiger charge is 2.24. The second-order valence-corrected chi connectivity index (χ2v) is 5.26. The number of carbonyl (C=O) groups excluding carboxylic acids is 1. The Labute approximate surface area is 127 Å². The third kappa shape index (κ3) is 4.68. The highest BCUT2D eigenvalue weighted by atomic mass is 35.5. The Bertz CT molecular complexity index is 498. The highest BCUT2D eigenvalue weighted by Crippen LogP contribution is 2.17. The van der Waals surface area contributed by atoms with Crippen LogP contribution in [0.2, 0.25) is 5.15 Å². The van der Waals surface area contributed by atoms with Crippen molar-refractivity contribution in [1.29, 1.82) is 0 Å². The number of ether oxygens (including phenoxy) is 1. The van der Waals surface area contributed by atoms with Crippen LogP contribution < -0.4 is 0 Å². The predicted octanol–water partition coefficient (Wildman–Crippen LogP) is 1.83. The molecular formula is C14H17ClN2O4. The van der Waals surface area contributed by atoms with E-state index in [-0.39, 0.29) is 25.0 Å². The third-order valence-electron chi connectivity index (χ3n) is 3.37. The van der Waals surface area contributed by atoms with Gasteiger partial charge in [0.05, 0.1) is 24.7 Å². The Hall–Kier alpha value is -1.66. The van der Waals surface area contributed by atoms with Crippen LogP contribution in [-0.4, -0.2) is 52.7 Å². The summed E-state index contributed by atoms with van der Waals surface area (Å²) in [5.41, 5.74) is 0.518. The van der Waals surface area contributed by atoms with E-state index < -0.39 is 5.97 Å². The molecule has 1 fully saturated rings. The largest absolute Gasteiger partial charge is 0.481 e. The zero-order chi connectivity index (χ0) is 15.2. The Morgan fingerprint density at radius 3 is 2.67 bits per heavy atom. The van der Waals surface area contributed by atoms with Gasteiger partial charge in [0.25, 0.3) is 5.91 Å². The molecule has 0 unspecified atom stereocenters. The number of aliphatic carboxylic acids is 1. The number of rotatable bonds is 5. The number of aromatic nitrogens is 1. The van der Waals surface area contributed by atoms with Crippen molar-refractivity contribution in [1.82, 2.24) is 9.88 Å². The summed E-state index contributed by atoms with van der Waals surface area (Å²) >= 11 is 5.70. The molecule has 0 atom stereocenters. The van der Waals surface area contributed by atoms with Gasteiger partial charge in [0.1, 0.15) is 5.15 Å². The lowest BCUT2D eigenvalue weighted by Crippen LogP contribution is -2.41. The van der Waals surface area contributed by atoms with Gasteiger partial charge in [0, 0.05) is 19.3 Å². The number of carboxylic acid groups (broad SMARTS) is 1. The molecule has 6 nitrogen and oxygen atoms in total. The van der Waals surface area contributed by atoms with Crippen LogP contribution in [0.1, 0.15) is 29.6 Å². The van der Waals surface area contributed by atoms with Crippen LogP contribution in [0.15, 0.2) is 18.3 Å². The van der Waals surface area contributed by atoms with Crippen molar-refractivity contribution in [3.05, 3.63) is 29.0 Å². The maximum absolute atomic E-state index is 12.2. The first-order valence-corrected chi connectivity index (χ1v) is 7.18. The molecule has 1 aliphatic rings. The van der Waals surface area contributed by atoms with Gasteiger partial charge in [0.2, 0.25) is 0 Å². The number of piperidine rings is 1. The molecule has 1 aliphatic heterocycles. The molecule has 0 aliphatic carbocycles. The van der Waals surface area contributed by atoms with Crippen LogP contribution in [0.4, 0.5) is 0 Å². The van der Waals surface area contributed by atoms with E-state index in [0.29, 0.717) is 36.6 Å².